The maximum Gasteiger partial charge on any atom is 0.416 e. The summed E-state index contributed by atoms with van der Waals surface area (Å²) in [6, 6.07) is 4.46. The van der Waals surface area contributed by atoms with E-state index in [9.17, 15) is 22.8 Å². The summed E-state index contributed by atoms with van der Waals surface area (Å²) in [7, 11) is 0. The molecule has 0 heterocycles. The van der Waals surface area contributed by atoms with Gasteiger partial charge in [-0.3, -0.25) is 5.32 Å². The van der Waals surface area contributed by atoms with Crippen LogP contribution in [0.3, 0.4) is 0 Å². The number of alkyl halides is 3. The topological polar surface area (TPSA) is 64.6 Å². The van der Waals surface area contributed by atoms with Crippen molar-refractivity contribution in [1.29, 1.82) is 0 Å². The summed E-state index contributed by atoms with van der Waals surface area (Å²) >= 11 is 0. The molecule has 1 aromatic rings. The van der Waals surface area contributed by atoms with Gasteiger partial charge in [0.1, 0.15) is 6.61 Å². The van der Waals surface area contributed by atoms with Crippen LogP contribution in [0.4, 0.5) is 18.0 Å². The second kappa shape index (κ2) is 8.21. The number of ether oxygens (including phenoxy) is 2. The fourth-order valence-corrected chi connectivity index (χ4v) is 1.58. The largest absolute Gasteiger partial charge is 0.463 e. The second-order valence-corrected chi connectivity index (χ2v) is 4.48. The highest BCUT2D eigenvalue weighted by atomic mass is 19.4. The first-order valence-corrected chi connectivity index (χ1v) is 6.67. The molecule has 0 radical (unpaired) electrons. The fraction of sp³-hybridized carbons (Fsp3) is 0.333. The number of nitrogens with one attached hydrogen (secondary N) is 1. The molecule has 1 rings (SSSR count). The number of halogens is 3. The first kappa shape index (κ1) is 18.5. The van der Waals surface area contributed by atoms with Gasteiger partial charge < -0.3 is 9.47 Å². The van der Waals surface area contributed by atoms with E-state index in [0.29, 0.717) is 0 Å². The Kier molecular flexibility index (Phi) is 6.62. The molecule has 0 bridgehead atoms. The third-order valence-electron chi connectivity index (χ3n) is 2.54. The molecule has 23 heavy (non-hydrogen) atoms. The smallest absolute Gasteiger partial charge is 0.416 e. The minimum atomic E-state index is -4.46. The van der Waals surface area contributed by atoms with Crippen LogP contribution >= 0.6 is 0 Å². The summed E-state index contributed by atoms with van der Waals surface area (Å²) in [4.78, 5) is 22.6. The number of amides is 1. The van der Waals surface area contributed by atoms with Crippen molar-refractivity contribution in [3.63, 3.8) is 0 Å². The van der Waals surface area contributed by atoms with E-state index < -0.39 is 23.8 Å². The quantitative estimate of drug-likeness (QED) is 0.663. The van der Waals surface area contributed by atoms with Gasteiger partial charge in [0.25, 0.3) is 0 Å². The molecule has 0 aliphatic heterocycles. The summed E-state index contributed by atoms with van der Waals surface area (Å²) in [5, 5.41) is 2.26. The maximum atomic E-state index is 12.6. The third-order valence-corrected chi connectivity index (χ3v) is 2.54. The van der Waals surface area contributed by atoms with Gasteiger partial charge in [-0.2, -0.15) is 13.2 Å². The Morgan fingerprint density at radius 3 is 2.57 bits per heavy atom. The lowest BCUT2D eigenvalue weighted by atomic mass is 10.1. The van der Waals surface area contributed by atoms with E-state index in [1.807, 2.05) is 0 Å². The molecule has 0 saturated carbocycles. The third kappa shape index (κ3) is 6.86. The van der Waals surface area contributed by atoms with E-state index >= 15 is 0 Å². The predicted octanol–water partition coefficient (Wildman–Crippen LogP) is 3.40. The zero-order chi connectivity index (χ0) is 17.5. The molecule has 0 spiro atoms. The number of esters is 1. The number of hydrogen-bond donors (Lipinski definition) is 1. The van der Waals surface area contributed by atoms with Gasteiger partial charge in [-0.15, -0.1) is 0 Å². The lowest BCUT2D eigenvalue weighted by Gasteiger charge is -2.10. The lowest BCUT2D eigenvalue weighted by molar-refractivity contribution is -0.138. The van der Waals surface area contributed by atoms with Gasteiger partial charge in [-0.05, 0) is 31.5 Å². The Labute approximate surface area is 131 Å². The number of allylic oxidation sites excluding steroid dienone is 1. The van der Waals surface area contributed by atoms with Gasteiger partial charge in [-0.1, -0.05) is 12.1 Å². The summed E-state index contributed by atoms with van der Waals surface area (Å²) in [5.74, 6) is -0.622. The van der Waals surface area contributed by atoms with Gasteiger partial charge in [0, 0.05) is 11.8 Å². The van der Waals surface area contributed by atoms with Gasteiger partial charge in [0.2, 0.25) is 0 Å². The van der Waals surface area contributed by atoms with E-state index in [-0.39, 0.29) is 24.5 Å². The Morgan fingerprint density at radius 2 is 1.96 bits per heavy atom. The number of rotatable bonds is 5. The lowest BCUT2D eigenvalue weighted by Crippen LogP contribution is -2.23. The van der Waals surface area contributed by atoms with Crippen LogP contribution in [0.15, 0.2) is 36.0 Å². The molecule has 1 N–H and O–H groups in total. The Bertz CT molecular complexity index is 597. The first-order valence-electron chi connectivity index (χ1n) is 6.67. The molecule has 0 atom stereocenters. The molecule has 8 heteroatoms. The summed E-state index contributed by atoms with van der Waals surface area (Å²) in [6.45, 7) is 2.95. The highest BCUT2D eigenvalue weighted by molar-refractivity contribution is 5.83. The zero-order valence-electron chi connectivity index (χ0n) is 12.6. The van der Waals surface area contributed by atoms with Crippen molar-refractivity contribution in [3.05, 3.63) is 47.2 Å². The Morgan fingerprint density at radius 1 is 1.26 bits per heavy atom. The molecule has 1 amide bonds. The SMILES string of the molecule is CCOC(=O)C=C(C)NC(=O)OCc1cccc(C(F)(F)F)c1. The molecule has 0 aliphatic rings. The average Bonchev–Trinajstić information content (AvgIpc) is 2.44. The van der Waals surface area contributed by atoms with E-state index in [2.05, 4.69) is 10.1 Å². The number of benzene rings is 1. The van der Waals surface area contributed by atoms with Crippen LogP contribution < -0.4 is 5.32 Å². The van der Waals surface area contributed by atoms with E-state index in [1.54, 1.807) is 6.92 Å². The van der Waals surface area contributed by atoms with Crippen LogP contribution in [0.1, 0.15) is 25.0 Å². The van der Waals surface area contributed by atoms with Crippen molar-refractivity contribution in [1.82, 2.24) is 5.32 Å². The highest BCUT2D eigenvalue weighted by Crippen LogP contribution is 2.29. The average molecular weight is 331 g/mol. The Balaban J connectivity index is 2.55. The van der Waals surface area contributed by atoms with Crippen LogP contribution in [0, 0.1) is 0 Å². The molecule has 0 aliphatic carbocycles. The van der Waals surface area contributed by atoms with Gasteiger partial charge in [-0.25, -0.2) is 9.59 Å². The summed E-state index contributed by atoms with van der Waals surface area (Å²) in [6.07, 6.45) is -4.29. The van der Waals surface area contributed by atoms with E-state index in [1.165, 1.54) is 19.1 Å². The standard InChI is InChI=1S/C15H16F3NO4/c1-3-22-13(20)7-10(2)19-14(21)23-9-11-5-4-6-12(8-11)15(16,17)18/h4-8H,3,9H2,1-2H3,(H,19,21). The zero-order valence-corrected chi connectivity index (χ0v) is 12.6. The van der Waals surface area contributed by atoms with Crippen molar-refractivity contribution in [3.8, 4) is 0 Å². The van der Waals surface area contributed by atoms with E-state index in [0.717, 1.165) is 18.2 Å². The van der Waals surface area contributed by atoms with Gasteiger partial charge in [0.05, 0.1) is 12.2 Å². The highest BCUT2D eigenvalue weighted by Gasteiger charge is 2.30. The molecule has 126 valence electrons. The molecule has 0 unspecified atom stereocenters. The van der Waals surface area contributed by atoms with Crippen molar-refractivity contribution in [2.24, 2.45) is 0 Å². The summed E-state index contributed by atoms with van der Waals surface area (Å²) in [5.41, 5.74) is -0.433. The van der Waals surface area contributed by atoms with E-state index in [4.69, 9.17) is 4.74 Å². The van der Waals surface area contributed by atoms with Gasteiger partial charge in [0.15, 0.2) is 0 Å². The van der Waals surface area contributed by atoms with Crippen LogP contribution in [-0.2, 0) is 27.1 Å². The number of hydrogen-bond acceptors (Lipinski definition) is 4. The molecular weight excluding hydrogens is 315 g/mol. The van der Waals surface area contributed by atoms with Crippen LogP contribution in [0.5, 0.6) is 0 Å². The van der Waals surface area contributed by atoms with Crippen molar-refractivity contribution in [2.45, 2.75) is 26.6 Å². The fourth-order valence-electron chi connectivity index (χ4n) is 1.58. The minimum absolute atomic E-state index is 0.192. The van der Waals surface area contributed by atoms with Crippen LogP contribution in [0.2, 0.25) is 0 Å². The minimum Gasteiger partial charge on any atom is -0.463 e. The Hall–Kier alpha value is -2.51. The number of carbonyl (C=O) groups excluding carboxylic acids is 2. The maximum absolute atomic E-state index is 12.6. The predicted molar refractivity (Wildman–Crippen MR) is 75.2 cm³/mol. The molecule has 5 nitrogen and oxygen atoms in total. The molecular formula is C15H16F3NO4. The summed E-state index contributed by atoms with van der Waals surface area (Å²) < 4.78 is 47.1. The second-order valence-electron chi connectivity index (χ2n) is 4.48. The molecule has 0 saturated heterocycles. The monoisotopic (exact) mass is 331 g/mol. The van der Waals surface area contributed by atoms with Gasteiger partial charge >= 0.3 is 18.2 Å². The van der Waals surface area contributed by atoms with Crippen molar-refractivity contribution < 1.29 is 32.2 Å². The molecule has 0 fully saturated rings. The molecule has 0 aromatic heterocycles. The molecule has 1 aromatic carbocycles. The number of carbonyl (C=O) groups is 2. The number of alkyl carbamates (subject to hydrolysis) is 1. The first-order chi connectivity index (χ1) is 10.7. The van der Waals surface area contributed by atoms with Crippen LogP contribution in [0.25, 0.3) is 0 Å². The van der Waals surface area contributed by atoms with Crippen molar-refractivity contribution >= 4 is 12.1 Å². The van der Waals surface area contributed by atoms with Crippen LogP contribution in [-0.4, -0.2) is 18.7 Å². The normalized spacial score (nSPS) is 11.8. The van der Waals surface area contributed by atoms with Crippen molar-refractivity contribution in [2.75, 3.05) is 6.61 Å².